The second-order valence-corrected chi connectivity index (χ2v) is 6.26. The standard InChI is InChI=1S/C16H20N4O2S/c1-3-11(2)17-13(21)9-10-14-19-20-16(23-14)15(22)18-12-7-5-4-6-8-12/h4-8,11H,3,9-10H2,1-2H3,(H,17,21)(H,18,22). The fourth-order valence-corrected chi connectivity index (χ4v) is 2.56. The van der Waals surface area contributed by atoms with Gasteiger partial charge in [-0.1, -0.05) is 36.5 Å². The van der Waals surface area contributed by atoms with Gasteiger partial charge in [-0.25, -0.2) is 0 Å². The highest BCUT2D eigenvalue weighted by Gasteiger charge is 2.14. The van der Waals surface area contributed by atoms with Gasteiger partial charge in [-0.05, 0) is 25.5 Å². The van der Waals surface area contributed by atoms with Crippen molar-refractivity contribution in [1.29, 1.82) is 0 Å². The first-order valence-electron chi connectivity index (χ1n) is 7.56. The molecule has 1 unspecified atom stereocenters. The van der Waals surface area contributed by atoms with Crippen LogP contribution in [0.3, 0.4) is 0 Å². The van der Waals surface area contributed by atoms with Crippen LogP contribution in [0, 0.1) is 0 Å². The van der Waals surface area contributed by atoms with Crippen LogP contribution in [0.25, 0.3) is 0 Å². The fourth-order valence-electron chi connectivity index (χ4n) is 1.82. The van der Waals surface area contributed by atoms with Gasteiger partial charge in [-0.2, -0.15) is 0 Å². The van der Waals surface area contributed by atoms with Gasteiger partial charge in [0.05, 0.1) is 0 Å². The zero-order chi connectivity index (χ0) is 16.7. The number of aromatic nitrogens is 2. The molecule has 1 atom stereocenters. The molecule has 0 radical (unpaired) electrons. The molecule has 1 aromatic heterocycles. The maximum absolute atomic E-state index is 12.1. The minimum atomic E-state index is -0.288. The van der Waals surface area contributed by atoms with Gasteiger partial charge in [0.15, 0.2) is 0 Å². The Kier molecular flexibility index (Phi) is 6.22. The van der Waals surface area contributed by atoms with E-state index in [1.807, 2.05) is 32.0 Å². The maximum atomic E-state index is 12.1. The number of aryl methyl sites for hydroxylation is 1. The van der Waals surface area contributed by atoms with E-state index in [-0.39, 0.29) is 17.9 Å². The monoisotopic (exact) mass is 332 g/mol. The number of anilines is 1. The number of amides is 2. The molecule has 6 nitrogen and oxygen atoms in total. The minimum Gasteiger partial charge on any atom is -0.354 e. The Hall–Kier alpha value is -2.28. The van der Waals surface area contributed by atoms with Gasteiger partial charge in [-0.3, -0.25) is 9.59 Å². The van der Waals surface area contributed by atoms with Crippen molar-refractivity contribution in [2.24, 2.45) is 0 Å². The number of nitrogens with one attached hydrogen (secondary N) is 2. The van der Waals surface area contributed by atoms with Gasteiger partial charge < -0.3 is 10.6 Å². The molecule has 23 heavy (non-hydrogen) atoms. The van der Waals surface area contributed by atoms with Crippen molar-refractivity contribution >= 4 is 28.8 Å². The van der Waals surface area contributed by atoms with Crippen molar-refractivity contribution in [2.45, 2.75) is 39.2 Å². The topological polar surface area (TPSA) is 84.0 Å². The molecular formula is C16H20N4O2S. The van der Waals surface area contributed by atoms with Gasteiger partial charge in [0, 0.05) is 24.6 Å². The van der Waals surface area contributed by atoms with Crippen molar-refractivity contribution in [3.8, 4) is 0 Å². The number of rotatable bonds is 7. The van der Waals surface area contributed by atoms with Crippen LogP contribution in [-0.4, -0.2) is 28.1 Å². The van der Waals surface area contributed by atoms with Crippen molar-refractivity contribution in [2.75, 3.05) is 5.32 Å². The summed E-state index contributed by atoms with van der Waals surface area (Å²) in [7, 11) is 0. The Morgan fingerprint density at radius 1 is 1.22 bits per heavy atom. The van der Waals surface area contributed by atoms with E-state index in [1.165, 1.54) is 11.3 Å². The molecule has 0 fully saturated rings. The highest BCUT2D eigenvalue weighted by atomic mass is 32.1. The van der Waals surface area contributed by atoms with Crippen LogP contribution in [0.5, 0.6) is 0 Å². The van der Waals surface area contributed by atoms with Crippen LogP contribution in [0.4, 0.5) is 5.69 Å². The number of benzene rings is 1. The first-order valence-corrected chi connectivity index (χ1v) is 8.38. The first kappa shape index (κ1) is 17.1. The summed E-state index contributed by atoms with van der Waals surface area (Å²) in [6, 6.07) is 9.35. The van der Waals surface area contributed by atoms with E-state index < -0.39 is 0 Å². The lowest BCUT2D eigenvalue weighted by atomic mass is 10.2. The van der Waals surface area contributed by atoms with Crippen molar-refractivity contribution in [1.82, 2.24) is 15.5 Å². The smallest absolute Gasteiger partial charge is 0.286 e. The fraction of sp³-hybridized carbons (Fsp3) is 0.375. The summed E-state index contributed by atoms with van der Waals surface area (Å²) in [5.74, 6) is -0.297. The van der Waals surface area contributed by atoms with E-state index in [0.29, 0.717) is 28.5 Å². The first-order chi connectivity index (χ1) is 11.1. The largest absolute Gasteiger partial charge is 0.354 e. The lowest BCUT2D eigenvalue weighted by molar-refractivity contribution is -0.121. The molecular weight excluding hydrogens is 312 g/mol. The number of carbonyl (C=O) groups is 2. The molecule has 2 aromatic rings. The van der Waals surface area contributed by atoms with Crippen LogP contribution in [-0.2, 0) is 11.2 Å². The number of nitrogens with zero attached hydrogens (tertiary/aromatic N) is 2. The molecule has 0 aliphatic rings. The zero-order valence-corrected chi connectivity index (χ0v) is 14.0. The molecule has 0 bridgehead atoms. The molecule has 0 saturated carbocycles. The van der Waals surface area contributed by atoms with Crippen LogP contribution < -0.4 is 10.6 Å². The van der Waals surface area contributed by atoms with E-state index in [2.05, 4.69) is 20.8 Å². The van der Waals surface area contributed by atoms with E-state index in [4.69, 9.17) is 0 Å². The second-order valence-electron chi connectivity index (χ2n) is 5.20. The summed E-state index contributed by atoms with van der Waals surface area (Å²) in [6.07, 6.45) is 1.73. The zero-order valence-electron chi connectivity index (χ0n) is 13.2. The molecule has 122 valence electrons. The molecule has 7 heteroatoms. The third kappa shape index (κ3) is 5.45. The summed E-state index contributed by atoms with van der Waals surface area (Å²) >= 11 is 1.21. The Morgan fingerprint density at radius 3 is 2.65 bits per heavy atom. The molecule has 2 rings (SSSR count). The van der Waals surface area contributed by atoms with Crippen LogP contribution in [0.2, 0.25) is 0 Å². The highest BCUT2D eigenvalue weighted by molar-refractivity contribution is 7.13. The van der Waals surface area contributed by atoms with E-state index >= 15 is 0 Å². The average molecular weight is 332 g/mol. The van der Waals surface area contributed by atoms with Crippen molar-refractivity contribution in [3.05, 3.63) is 40.3 Å². The molecule has 0 saturated heterocycles. The van der Waals surface area contributed by atoms with E-state index in [0.717, 1.165) is 6.42 Å². The van der Waals surface area contributed by atoms with Crippen molar-refractivity contribution < 1.29 is 9.59 Å². The van der Waals surface area contributed by atoms with E-state index in [9.17, 15) is 9.59 Å². The Balaban J connectivity index is 1.85. The Morgan fingerprint density at radius 2 is 1.96 bits per heavy atom. The summed E-state index contributed by atoms with van der Waals surface area (Å²) < 4.78 is 0. The van der Waals surface area contributed by atoms with E-state index in [1.54, 1.807) is 12.1 Å². The third-order valence-corrected chi connectivity index (χ3v) is 4.26. The molecule has 0 aliphatic heterocycles. The van der Waals surface area contributed by atoms with Crippen molar-refractivity contribution in [3.63, 3.8) is 0 Å². The van der Waals surface area contributed by atoms with Crippen LogP contribution in [0.1, 0.15) is 41.5 Å². The summed E-state index contributed by atoms with van der Waals surface area (Å²) in [6.45, 7) is 3.99. The quantitative estimate of drug-likeness (QED) is 0.816. The van der Waals surface area contributed by atoms with Gasteiger partial charge in [0.1, 0.15) is 5.01 Å². The normalized spacial score (nSPS) is 11.7. The highest BCUT2D eigenvalue weighted by Crippen LogP contribution is 2.14. The minimum absolute atomic E-state index is 0.00941. The average Bonchev–Trinajstić information content (AvgIpc) is 3.03. The lowest BCUT2D eigenvalue weighted by Crippen LogP contribution is -2.31. The van der Waals surface area contributed by atoms with Crippen LogP contribution in [0.15, 0.2) is 30.3 Å². The summed E-state index contributed by atoms with van der Waals surface area (Å²) in [5.41, 5.74) is 0.710. The third-order valence-electron chi connectivity index (χ3n) is 3.28. The molecule has 0 spiro atoms. The molecule has 2 amide bonds. The predicted octanol–water partition coefficient (Wildman–Crippen LogP) is 2.64. The summed E-state index contributed by atoms with van der Waals surface area (Å²) in [5, 5.41) is 14.5. The number of para-hydroxylation sites is 1. The van der Waals surface area contributed by atoms with Gasteiger partial charge in [-0.15, -0.1) is 10.2 Å². The molecule has 1 aromatic carbocycles. The molecule has 1 heterocycles. The number of carbonyl (C=O) groups excluding carboxylic acids is 2. The molecule has 2 N–H and O–H groups in total. The maximum Gasteiger partial charge on any atom is 0.286 e. The molecule has 0 aliphatic carbocycles. The number of hydrogen-bond donors (Lipinski definition) is 2. The SMILES string of the molecule is CCC(C)NC(=O)CCc1nnc(C(=O)Nc2ccccc2)s1. The summed E-state index contributed by atoms with van der Waals surface area (Å²) in [4.78, 5) is 23.8. The predicted molar refractivity (Wildman–Crippen MR) is 90.5 cm³/mol. The van der Waals surface area contributed by atoms with Crippen LogP contribution >= 0.6 is 11.3 Å². The second kappa shape index (κ2) is 8.38. The number of hydrogen-bond acceptors (Lipinski definition) is 5. The Bertz CT molecular complexity index is 657. The van der Waals surface area contributed by atoms with Gasteiger partial charge >= 0.3 is 0 Å². The van der Waals surface area contributed by atoms with Gasteiger partial charge in [0.2, 0.25) is 10.9 Å². The van der Waals surface area contributed by atoms with Gasteiger partial charge in [0.25, 0.3) is 5.91 Å². The Labute approximate surface area is 139 Å². The lowest BCUT2D eigenvalue weighted by Gasteiger charge is -2.10.